The zero-order valence-electron chi connectivity index (χ0n) is 21.0. The number of aliphatic hydroxyl groups is 1. The summed E-state index contributed by atoms with van der Waals surface area (Å²) in [5, 5.41) is 13.9. The molecule has 0 aliphatic carbocycles. The van der Waals surface area contributed by atoms with Crippen molar-refractivity contribution < 1.29 is 32.5 Å². The van der Waals surface area contributed by atoms with Gasteiger partial charge in [0.1, 0.15) is 18.3 Å². The van der Waals surface area contributed by atoms with Gasteiger partial charge in [-0.2, -0.15) is 0 Å². The lowest BCUT2D eigenvalue weighted by Gasteiger charge is -2.43. The molecule has 3 aromatic carbocycles. The van der Waals surface area contributed by atoms with Crippen LogP contribution in [-0.2, 0) is 42.0 Å². The second-order valence-electron chi connectivity index (χ2n) is 8.76. The Bertz CT molecular complexity index is 1240. The van der Waals surface area contributed by atoms with Gasteiger partial charge in [0, 0.05) is 18.3 Å². The van der Waals surface area contributed by atoms with Crippen molar-refractivity contribution in [3.05, 3.63) is 113 Å². The predicted octanol–water partition coefficient (Wildman–Crippen LogP) is 4.57. The first-order chi connectivity index (χ1) is 18.5. The lowest BCUT2D eigenvalue weighted by molar-refractivity contribution is -0.306. The molecule has 0 spiro atoms. The summed E-state index contributed by atoms with van der Waals surface area (Å²) in [6, 6.07) is 27.6. The minimum atomic E-state index is -3.56. The quantitative estimate of drug-likeness (QED) is 0.347. The van der Waals surface area contributed by atoms with Gasteiger partial charge in [0.15, 0.2) is 16.1 Å². The topological polar surface area (TPSA) is 91.3 Å². The Morgan fingerprint density at radius 2 is 1.37 bits per heavy atom. The SMILES string of the molecule is CO[C@@H]1O[C@H](CS/C=C/S(=O)(=O)c2ccccc2)[C@@H](O)[C@H](OCc2ccccc2)[C@H]1OCc1ccccc1. The van der Waals surface area contributed by atoms with Gasteiger partial charge in [0.2, 0.25) is 0 Å². The largest absolute Gasteiger partial charge is 0.388 e. The van der Waals surface area contributed by atoms with Crippen LogP contribution in [0.25, 0.3) is 0 Å². The first-order valence-corrected chi connectivity index (χ1v) is 14.8. The first-order valence-electron chi connectivity index (χ1n) is 12.2. The fourth-order valence-corrected chi connectivity index (χ4v) is 6.24. The van der Waals surface area contributed by atoms with Crippen LogP contribution in [0.4, 0.5) is 0 Å². The van der Waals surface area contributed by atoms with E-state index in [1.165, 1.54) is 24.3 Å². The van der Waals surface area contributed by atoms with Gasteiger partial charge in [-0.3, -0.25) is 0 Å². The van der Waals surface area contributed by atoms with Crippen LogP contribution >= 0.6 is 11.8 Å². The van der Waals surface area contributed by atoms with Crippen molar-refractivity contribution in [2.24, 2.45) is 0 Å². The van der Waals surface area contributed by atoms with Crippen LogP contribution in [0.1, 0.15) is 11.1 Å². The van der Waals surface area contributed by atoms with E-state index in [1.807, 2.05) is 60.7 Å². The van der Waals surface area contributed by atoms with Crippen LogP contribution in [0, 0.1) is 0 Å². The molecule has 0 amide bonds. The van der Waals surface area contributed by atoms with Crippen molar-refractivity contribution in [1.82, 2.24) is 0 Å². The van der Waals surface area contributed by atoms with Gasteiger partial charge < -0.3 is 24.1 Å². The molecule has 3 aromatic rings. The third-order valence-electron chi connectivity index (χ3n) is 6.08. The van der Waals surface area contributed by atoms with E-state index in [9.17, 15) is 13.5 Å². The van der Waals surface area contributed by atoms with Crippen molar-refractivity contribution in [3.63, 3.8) is 0 Å². The molecule has 1 aliphatic rings. The van der Waals surface area contributed by atoms with Crippen LogP contribution in [0.5, 0.6) is 0 Å². The molecule has 7 nitrogen and oxygen atoms in total. The number of ether oxygens (including phenoxy) is 4. The number of methoxy groups -OCH3 is 1. The average molecular weight is 557 g/mol. The Morgan fingerprint density at radius 3 is 1.92 bits per heavy atom. The van der Waals surface area contributed by atoms with Gasteiger partial charge >= 0.3 is 0 Å². The van der Waals surface area contributed by atoms with Crippen molar-refractivity contribution in [3.8, 4) is 0 Å². The highest BCUT2D eigenvalue weighted by atomic mass is 32.2. The molecular formula is C29H32O7S2. The molecule has 1 saturated heterocycles. The number of rotatable bonds is 12. The maximum Gasteiger partial charge on any atom is 0.200 e. The van der Waals surface area contributed by atoms with Gasteiger partial charge in [-0.25, -0.2) is 8.42 Å². The van der Waals surface area contributed by atoms with E-state index < -0.39 is 40.5 Å². The fourth-order valence-electron chi connectivity index (χ4n) is 4.07. The number of sulfone groups is 1. The van der Waals surface area contributed by atoms with Gasteiger partial charge in [-0.15, -0.1) is 11.8 Å². The van der Waals surface area contributed by atoms with E-state index in [4.69, 9.17) is 18.9 Å². The van der Waals surface area contributed by atoms with Gasteiger partial charge in [0.05, 0.1) is 24.2 Å². The summed E-state index contributed by atoms with van der Waals surface area (Å²) in [4.78, 5) is 0.220. The number of benzene rings is 3. The second-order valence-corrected chi connectivity index (χ2v) is 11.5. The smallest absolute Gasteiger partial charge is 0.200 e. The Morgan fingerprint density at radius 1 is 0.842 bits per heavy atom. The molecule has 4 rings (SSSR count). The standard InChI is InChI=1S/C29H32O7S2/c1-33-29-28(35-20-23-13-7-3-8-14-23)27(34-19-22-11-5-2-6-12-22)26(30)25(36-29)21-37-17-18-38(31,32)24-15-9-4-10-16-24/h2-18,25-30H,19-21H2,1H3/b18-17+/t25-,26-,27+,28-,29-/m1/s1. The summed E-state index contributed by atoms with van der Waals surface area (Å²) >= 11 is 1.23. The van der Waals surface area contributed by atoms with E-state index in [2.05, 4.69) is 0 Å². The first kappa shape index (κ1) is 28.5. The molecule has 9 heteroatoms. The molecule has 1 aliphatic heterocycles. The fraction of sp³-hybridized carbons (Fsp3) is 0.310. The zero-order chi connectivity index (χ0) is 26.8. The lowest BCUT2D eigenvalue weighted by Crippen LogP contribution is -2.60. The van der Waals surface area contributed by atoms with Crippen LogP contribution in [0.3, 0.4) is 0 Å². The number of hydrogen-bond donors (Lipinski definition) is 1. The molecule has 38 heavy (non-hydrogen) atoms. The number of thioether (sulfide) groups is 1. The maximum atomic E-state index is 12.5. The minimum absolute atomic E-state index is 0.220. The van der Waals surface area contributed by atoms with Gasteiger partial charge in [0.25, 0.3) is 0 Å². The van der Waals surface area contributed by atoms with Crippen LogP contribution in [0.2, 0.25) is 0 Å². The van der Waals surface area contributed by atoms with Crippen molar-refractivity contribution in [1.29, 1.82) is 0 Å². The Balaban J connectivity index is 1.45. The molecule has 202 valence electrons. The Kier molecular flexibility index (Phi) is 10.5. The van der Waals surface area contributed by atoms with Crippen LogP contribution < -0.4 is 0 Å². The van der Waals surface area contributed by atoms with E-state index in [-0.39, 0.29) is 11.5 Å². The molecule has 0 bridgehead atoms. The van der Waals surface area contributed by atoms with Gasteiger partial charge in [-0.05, 0) is 28.7 Å². The third-order valence-corrected chi connectivity index (χ3v) is 8.53. The molecule has 0 aromatic heterocycles. The second kappa shape index (κ2) is 14.0. The molecule has 1 N–H and O–H groups in total. The molecule has 0 radical (unpaired) electrons. The molecule has 1 heterocycles. The average Bonchev–Trinajstić information content (AvgIpc) is 2.96. The molecule has 0 unspecified atom stereocenters. The normalized spacial score (nSPS) is 24.0. The zero-order valence-corrected chi connectivity index (χ0v) is 22.7. The Hall–Kier alpha value is -2.50. The highest BCUT2D eigenvalue weighted by Crippen LogP contribution is 2.30. The maximum absolute atomic E-state index is 12.5. The van der Waals surface area contributed by atoms with Crippen LogP contribution in [-0.4, -0.2) is 57.1 Å². The summed E-state index contributed by atoms with van der Waals surface area (Å²) in [6.45, 7) is 0.575. The van der Waals surface area contributed by atoms with E-state index in [0.29, 0.717) is 12.4 Å². The van der Waals surface area contributed by atoms with Crippen molar-refractivity contribution >= 4 is 21.6 Å². The van der Waals surface area contributed by atoms with Crippen molar-refractivity contribution in [2.45, 2.75) is 48.8 Å². The minimum Gasteiger partial charge on any atom is -0.388 e. The molecule has 5 atom stereocenters. The summed E-state index contributed by atoms with van der Waals surface area (Å²) in [5.41, 5.74) is 1.93. The highest BCUT2D eigenvalue weighted by Gasteiger charge is 2.47. The van der Waals surface area contributed by atoms with Crippen LogP contribution in [0.15, 0.2) is 107 Å². The number of aliphatic hydroxyl groups excluding tert-OH is 1. The van der Waals surface area contributed by atoms with Crippen molar-refractivity contribution in [2.75, 3.05) is 12.9 Å². The van der Waals surface area contributed by atoms with E-state index >= 15 is 0 Å². The Labute approximate surface area is 228 Å². The predicted molar refractivity (Wildman–Crippen MR) is 147 cm³/mol. The number of hydrogen-bond acceptors (Lipinski definition) is 8. The van der Waals surface area contributed by atoms with Gasteiger partial charge in [-0.1, -0.05) is 78.9 Å². The van der Waals surface area contributed by atoms with E-state index in [0.717, 1.165) is 16.5 Å². The monoisotopic (exact) mass is 556 g/mol. The lowest BCUT2D eigenvalue weighted by atomic mass is 9.99. The molecule has 1 fully saturated rings. The highest BCUT2D eigenvalue weighted by molar-refractivity contribution is 8.03. The summed E-state index contributed by atoms with van der Waals surface area (Å²) < 4.78 is 49.1. The molecule has 0 saturated carbocycles. The summed E-state index contributed by atoms with van der Waals surface area (Å²) in [6.07, 6.45) is -3.91. The summed E-state index contributed by atoms with van der Waals surface area (Å²) in [5.74, 6) is 0.290. The third kappa shape index (κ3) is 7.77. The molecular weight excluding hydrogens is 524 g/mol. The summed E-state index contributed by atoms with van der Waals surface area (Å²) in [7, 11) is -2.04. The van der Waals surface area contributed by atoms with E-state index in [1.54, 1.807) is 30.3 Å².